The number of hydrogen-bond acceptors (Lipinski definition) is 15. The number of ether oxygens (including phenoxy) is 1. The standard InChI is InChI=1S/C28H36N8O11S2/c1-27(2)21(24(39)36(27)47-49(42,43)44)34-23(38)20(17-12-48-26(30)33-17)35-46-28(3,25(40)41)19-7-5-13-8-14(4-6-18(13)45-19)22(29)32-15-9-16(11-37)31-10-15/h4,6,8,12,15-16,19,21,31,37H,5,7,9-11H2,1-3H3,(H2,29,32)(H2,30,33)(H,34,38)(H,40,41)(H,42,43,44)/b35-20-/t15-,16-,19+,21+,28-/m0/s1. The summed E-state index contributed by atoms with van der Waals surface area (Å²) in [5, 5.41) is 30.9. The molecular weight excluding hydrogens is 688 g/mol. The van der Waals surface area contributed by atoms with Crippen LogP contribution in [0.3, 0.4) is 0 Å². The van der Waals surface area contributed by atoms with Gasteiger partial charge >= 0.3 is 16.4 Å². The van der Waals surface area contributed by atoms with Gasteiger partial charge in [-0.3, -0.25) is 19.1 Å². The van der Waals surface area contributed by atoms with Gasteiger partial charge < -0.3 is 41.9 Å². The molecule has 4 heterocycles. The van der Waals surface area contributed by atoms with E-state index in [1.807, 2.05) is 6.07 Å². The van der Waals surface area contributed by atoms with Gasteiger partial charge in [0.05, 0.1) is 18.2 Å². The van der Waals surface area contributed by atoms with Gasteiger partial charge in [-0.15, -0.1) is 15.6 Å². The van der Waals surface area contributed by atoms with E-state index in [0.29, 0.717) is 41.6 Å². The number of benzene rings is 1. The Morgan fingerprint density at radius 1 is 1.35 bits per heavy atom. The summed E-state index contributed by atoms with van der Waals surface area (Å²) in [6, 6.07) is 3.71. The number of β-lactam (4-membered cyclic amide) rings is 1. The summed E-state index contributed by atoms with van der Waals surface area (Å²) in [5.41, 5.74) is 9.25. The molecule has 2 aromatic rings. The lowest BCUT2D eigenvalue weighted by atomic mass is 9.84. The van der Waals surface area contributed by atoms with E-state index in [1.54, 1.807) is 12.1 Å². The Balaban J connectivity index is 1.34. The van der Waals surface area contributed by atoms with Crippen molar-refractivity contribution in [1.82, 2.24) is 20.7 Å². The first-order valence-corrected chi connectivity index (χ1v) is 17.2. The topological polar surface area (TPSA) is 291 Å². The fraction of sp³-hybridized carbons (Fsp3) is 0.500. The number of nitrogen functional groups attached to an aromatic ring is 1. The molecule has 49 heavy (non-hydrogen) atoms. The lowest BCUT2D eigenvalue weighted by Crippen LogP contribution is -2.76. The number of carbonyl (C=O) groups excluding carboxylic acids is 2. The number of fused-ring (bicyclic) bond motifs is 1. The number of carboxylic acids is 1. The highest BCUT2D eigenvalue weighted by Gasteiger charge is 2.58. The number of thiazole rings is 1. The second-order valence-electron chi connectivity index (χ2n) is 12.4. The number of aliphatic hydroxyl groups excluding tert-OH is 1. The van der Waals surface area contributed by atoms with Crippen LogP contribution < -0.4 is 26.8 Å². The highest BCUT2D eigenvalue weighted by molar-refractivity contribution is 7.80. The van der Waals surface area contributed by atoms with Crippen molar-refractivity contribution in [3.63, 3.8) is 0 Å². The number of aliphatic hydroxyl groups is 1. The summed E-state index contributed by atoms with van der Waals surface area (Å²) in [6.07, 6.45) is 0.131. The maximum Gasteiger partial charge on any atom is 0.418 e. The average Bonchev–Trinajstić information content (AvgIpc) is 3.69. The molecule has 0 radical (unpaired) electrons. The minimum absolute atomic E-state index is 0.0120. The highest BCUT2D eigenvalue weighted by Crippen LogP contribution is 2.35. The molecule has 9 N–H and O–H groups in total. The first-order valence-electron chi connectivity index (χ1n) is 14.9. The van der Waals surface area contributed by atoms with E-state index in [4.69, 9.17) is 25.6 Å². The molecule has 3 aliphatic rings. The van der Waals surface area contributed by atoms with Crippen molar-refractivity contribution in [2.75, 3.05) is 18.9 Å². The normalized spacial score (nSPS) is 25.1. The summed E-state index contributed by atoms with van der Waals surface area (Å²) in [6.45, 7) is 4.57. The van der Waals surface area contributed by atoms with Gasteiger partial charge in [0.25, 0.3) is 17.4 Å². The van der Waals surface area contributed by atoms with Gasteiger partial charge in [-0.2, -0.15) is 13.5 Å². The van der Waals surface area contributed by atoms with E-state index in [0.717, 1.165) is 16.9 Å². The number of nitrogens with zero attached hydrogens (tertiary/aromatic N) is 4. The molecule has 1 aromatic carbocycles. The van der Waals surface area contributed by atoms with E-state index >= 15 is 0 Å². The third kappa shape index (κ3) is 7.45. The Hall–Kier alpha value is -4.41. The van der Waals surface area contributed by atoms with Crippen LogP contribution >= 0.6 is 11.3 Å². The summed E-state index contributed by atoms with van der Waals surface area (Å²) in [4.78, 5) is 52.9. The summed E-state index contributed by atoms with van der Waals surface area (Å²) >= 11 is 0.958. The predicted octanol–water partition coefficient (Wildman–Crippen LogP) is -1.05. The zero-order valence-corrected chi connectivity index (χ0v) is 28.2. The van der Waals surface area contributed by atoms with Gasteiger partial charge in [0.2, 0.25) is 0 Å². The number of carbonyl (C=O) groups is 3. The molecule has 2 amide bonds. The Bertz CT molecular complexity index is 1810. The Labute approximate surface area is 284 Å². The first-order chi connectivity index (χ1) is 22.9. The molecule has 5 rings (SSSR count). The van der Waals surface area contributed by atoms with Gasteiger partial charge in [0.1, 0.15) is 23.3 Å². The number of anilines is 1. The monoisotopic (exact) mass is 724 g/mol. The van der Waals surface area contributed by atoms with Crippen molar-refractivity contribution < 1.29 is 51.4 Å². The second kappa shape index (κ2) is 13.5. The second-order valence-corrected chi connectivity index (χ2v) is 14.3. The number of oxime groups is 1. The highest BCUT2D eigenvalue weighted by atomic mass is 32.3. The lowest BCUT2D eigenvalue weighted by molar-refractivity contribution is -0.218. The molecule has 0 unspecified atom stereocenters. The fourth-order valence-electron chi connectivity index (χ4n) is 5.64. The van der Waals surface area contributed by atoms with Crippen LogP contribution in [-0.4, -0.2) is 111 Å². The number of amides is 2. The summed E-state index contributed by atoms with van der Waals surface area (Å²) in [7, 11) is -5.03. The molecule has 0 spiro atoms. The Morgan fingerprint density at radius 3 is 2.67 bits per heavy atom. The van der Waals surface area contributed by atoms with Gasteiger partial charge in [-0.05, 0) is 63.8 Å². The molecule has 0 bridgehead atoms. The van der Waals surface area contributed by atoms with Crippen molar-refractivity contribution in [3.8, 4) is 5.75 Å². The van der Waals surface area contributed by atoms with Crippen LogP contribution in [0.2, 0.25) is 0 Å². The maximum atomic E-state index is 13.4. The van der Waals surface area contributed by atoms with Crippen LogP contribution in [0.5, 0.6) is 5.75 Å². The van der Waals surface area contributed by atoms with Crippen molar-refractivity contribution >= 4 is 56.2 Å². The van der Waals surface area contributed by atoms with Crippen LogP contribution in [0, 0.1) is 0 Å². The fourth-order valence-corrected chi connectivity index (χ4v) is 6.64. The molecule has 1 aromatic heterocycles. The number of aliphatic carboxylic acids is 1. The van der Waals surface area contributed by atoms with Gasteiger partial charge in [-0.25, -0.2) is 9.78 Å². The van der Waals surface area contributed by atoms with Crippen LogP contribution in [0.1, 0.15) is 50.4 Å². The predicted molar refractivity (Wildman–Crippen MR) is 173 cm³/mol. The molecule has 21 heteroatoms. The Kier molecular flexibility index (Phi) is 9.87. The number of aliphatic imine (C=N–C) groups is 1. The maximum absolute atomic E-state index is 13.4. The van der Waals surface area contributed by atoms with E-state index in [9.17, 15) is 33.0 Å². The number of hydroxylamine groups is 2. The number of aromatic nitrogens is 1. The SMILES string of the molecule is CC1(C)[C@H](NC(=O)/C(=N\O[C@](C)(C(=O)O)[C@H]2CCc3cc(C(N)=N[C@@H]4CN[C@H](CO)C4)ccc3O2)c2csc(N)n2)C(=O)N1OS(=O)(=O)O. The number of rotatable bonds is 12. The zero-order valence-electron chi connectivity index (χ0n) is 26.5. The van der Waals surface area contributed by atoms with E-state index in [1.165, 1.54) is 26.2 Å². The number of nitrogens with one attached hydrogen (secondary N) is 2. The van der Waals surface area contributed by atoms with E-state index in [2.05, 4.69) is 30.0 Å². The van der Waals surface area contributed by atoms with Crippen molar-refractivity contribution in [1.29, 1.82) is 0 Å². The molecule has 0 aliphatic carbocycles. The van der Waals surface area contributed by atoms with Crippen molar-refractivity contribution in [2.24, 2.45) is 15.9 Å². The number of carboxylic acid groups (broad SMARTS) is 1. The lowest BCUT2D eigenvalue weighted by Gasteiger charge is -2.50. The number of aryl methyl sites for hydroxylation is 1. The van der Waals surface area contributed by atoms with Gasteiger partial charge in [0.15, 0.2) is 16.9 Å². The third-order valence-corrected chi connectivity index (χ3v) is 9.52. The largest absolute Gasteiger partial charge is 0.485 e. The smallest absolute Gasteiger partial charge is 0.418 e. The quantitative estimate of drug-likeness (QED) is 0.0452. The number of hydrogen-bond donors (Lipinski definition) is 7. The summed E-state index contributed by atoms with van der Waals surface area (Å²) in [5.74, 6) is -2.76. The van der Waals surface area contributed by atoms with Crippen molar-refractivity contribution in [3.05, 3.63) is 40.4 Å². The van der Waals surface area contributed by atoms with Crippen LogP contribution in [-0.2, 0) is 40.3 Å². The van der Waals surface area contributed by atoms with Crippen LogP contribution in [0.25, 0.3) is 0 Å². The average molecular weight is 725 g/mol. The molecule has 0 saturated carbocycles. The van der Waals surface area contributed by atoms with Crippen LogP contribution in [0.4, 0.5) is 5.13 Å². The van der Waals surface area contributed by atoms with E-state index in [-0.39, 0.29) is 35.9 Å². The molecule has 266 valence electrons. The first kappa shape index (κ1) is 35.9. The zero-order chi connectivity index (χ0) is 35.9. The molecular formula is C28H36N8O11S2. The van der Waals surface area contributed by atoms with E-state index < -0.39 is 57.2 Å². The van der Waals surface area contributed by atoms with Gasteiger partial charge in [0, 0.05) is 23.5 Å². The minimum atomic E-state index is -5.03. The molecule has 5 atom stereocenters. The van der Waals surface area contributed by atoms with Gasteiger partial charge in [-0.1, -0.05) is 5.16 Å². The molecule has 3 aliphatic heterocycles. The minimum Gasteiger partial charge on any atom is -0.485 e. The summed E-state index contributed by atoms with van der Waals surface area (Å²) < 4.78 is 41.7. The third-order valence-electron chi connectivity index (χ3n) is 8.51. The Morgan fingerprint density at radius 2 is 2.08 bits per heavy atom. The number of nitrogens with two attached hydrogens (primary N) is 2. The number of amidine groups is 1. The molecule has 2 saturated heterocycles. The molecule has 19 nitrogen and oxygen atoms in total. The van der Waals surface area contributed by atoms with Crippen molar-refractivity contribution in [2.45, 2.75) is 75.4 Å². The molecule has 2 fully saturated rings. The van der Waals surface area contributed by atoms with Crippen LogP contribution in [0.15, 0.2) is 33.7 Å².